The van der Waals surface area contributed by atoms with Crippen molar-refractivity contribution in [3.05, 3.63) is 11.6 Å². The van der Waals surface area contributed by atoms with Crippen LogP contribution in [-0.2, 0) is 4.74 Å². The Balaban J connectivity index is 2.22. The highest BCUT2D eigenvalue weighted by atomic mass is 16.5. The van der Waals surface area contributed by atoms with E-state index in [1.165, 1.54) is 5.57 Å². The van der Waals surface area contributed by atoms with E-state index in [0.29, 0.717) is 12.5 Å². The Bertz CT molecular complexity index is 160. The lowest BCUT2D eigenvalue weighted by molar-refractivity contribution is 0.313. The molecular formula is C7H11NO. The first kappa shape index (κ1) is 6.33. The third-order valence-corrected chi connectivity index (χ3v) is 1.39. The van der Waals surface area contributed by atoms with Crippen molar-refractivity contribution < 1.29 is 4.74 Å². The van der Waals surface area contributed by atoms with Crippen molar-refractivity contribution in [3.63, 3.8) is 0 Å². The number of hydrogen-bond acceptors (Lipinski definition) is 2. The lowest BCUT2D eigenvalue weighted by Gasteiger charge is -2.01. The fourth-order valence-corrected chi connectivity index (χ4v) is 0.743. The van der Waals surface area contributed by atoms with E-state index in [2.05, 4.69) is 0 Å². The van der Waals surface area contributed by atoms with Gasteiger partial charge >= 0.3 is 0 Å². The topological polar surface area (TPSA) is 33.1 Å². The van der Waals surface area contributed by atoms with Crippen LogP contribution in [0.1, 0.15) is 13.8 Å². The van der Waals surface area contributed by atoms with Gasteiger partial charge in [-0.1, -0.05) is 11.6 Å². The standard InChI is InChI=1S/C7H11NO/c1-3-9-7(8)6-4-5(6)2/h4,6,8H,3H2,1-2H3/t6-/m1/s1. The second-order valence-electron chi connectivity index (χ2n) is 2.19. The second-order valence-corrected chi connectivity index (χ2v) is 2.19. The summed E-state index contributed by atoms with van der Waals surface area (Å²) in [7, 11) is 0. The SMILES string of the molecule is CCOC(=N)[C@@H]1C=C1C. The van der Waals surface area contributed by atoms with Crippen molar-refractivity contribution in [1.29, 1.82) is 5.41 Å². The first-order valence-corrected chi connectivity index (χ1v) is 3.15. The van der Waals surface area contributed by atoms with Crippen LogP contribution in [0.3, 0.4) is 0 Å². The molecule has 1 N–H and O–H groups in total. The van der Waals surface area contributed by atoms with E-state index in [-0.39, 0.29) is 5.92 Å². The Morgan fingerprint density at radius 3 is 2.78 bits per heavy atom. The van der Waals surface area contributed by atoms with Gasteiger partial charge in [-0.05, 0) is 13.8 Å². The highest BCUT2D eigenvalue weighted by molar-refractivity contribution is 5.85. The van der Waals surface area contributed by atoms with Crippen LogP contribution in [0.4, 0.5) is 0 Å². The second kappa shape index (κ2) is 2.21. The van der Waals surface area contributed by atoms with Gasteiger partial charge in [0.25, 0.3) is 0 Å². The molecule has 0 saturated heterocycles. The molecule has 0 saturated carbocycles. The van der Waals surface area contributed by atoms with E-state index in [9.17, 15) is 0 Å². The van der Waals surface area contributed by atoms with Gasteiger partial charge in [0.2, 0.25) is 0 Å². The van der Waals surface area contributed by atoms with Gasteiger partial charge in [0.1, 0.15) is 0 Å². The number of rotatable bonds is 2. The zero-order chi connectivity index (χ0) is 6.85. The average Bonchev–Trinajstić information content (AvgIpc) is 2.47. The summed E-state index contributed by atoms with van der Waals surface area (Å²) in [6.07, 6.45) is 2.03. The number of nitrogens with one attached hydrogen (secondary N) is 1. The zero-order valence-corrected chi connectivity index (χ0v) is 5.77. The molecule has 1 aliphatic rings. The van der Waals surface area contributed by atoms with Crippen LogP contribution in [-0.4, -0.2) is 12.5 Å². The maximum atomic E-state index is 7.26. The van der Waals surface area contributed by atoms with Gasteiger partial charge in [-0.3, -0.25) is 5.41 Å². The molecule has 0 aromatic carbocycles. The molecule has 1 aliphatic carbocycles. The smallest absolute Gasteiger partial charge is 0.191 e. The molecular weight excluding hydrogens is 114 g/mol. The predicted molar refractivity (Wildman–Crippen MR) is 36.6 cm³/mol. The molecule has 1 rings (SSSR count). The van der Waals surface area contributed by atoms with Crippen LogP contribution >= 0.6 is 0 Å². The van der Waals surface area contributed by atoms with Crippen LogP contribution in [0.15, 0.2) is 11.6 Å². The quantitative estimate of drug-likeness (QED) is 0.339. The fourth-order valence-electron chi connectivity index (χ4n) is 0.743. The normalized spacial score (nSPS) is 22.9. The van der Waals surface area contributed by atoms with Crippen molar-refractivity contribution in [1.82, 2.24) is 0 Å². The number of hydrogen-bond donors (Lipinski definition) is 1. The molecule has 0 amide bonds. The number of ether oxygens (including phenoxy) is 1. The van der Waals surface area contributed by atoms with E-state index < -0.39 is 0 Å². The van der Waals surface area contributed by atoms with Crippen LogP contribution in [0.5, 0.6) is 0 Å². The molecule has 0 bridgehead atoms. The van der Waals surface area contributed by atoms with Gasteiger partial charge in [0.05, 0.1) is 12.5 Å². The summed E-state index contributed by atoms with van der Waals surface area (Å²) in [6, 6.07) is 0. The Morgan fingerprint density at radius 2 is 2.44 bits per heavy atom. The third-order valence-electron chi connectivity index (χ3n) is 1.39. The Hall–Kier alpha value is -0.790. The highest BCUT2D eigenvalue weighted by Crippen LogP contribution is 2.28. The Kier molecular flexibility index (Phi) is 1.56. The summed E-state index contributed by atoms with van der Waals surface area (Å²) in [5.74, 6) is 0.639. The molecule has 2 nitrogen and oxygen atoms in total. The van der Waals surface area contributed by atoms with E-state index in [1.807, 2.05) is 19.9 Å². The van der Waals surface area contributed by atoms with Gasteiger partial charge in [-0.2, -0.15) is 0 Å². The first-order valence-electron chi connectivity index (χ1n) is 3.15. The summed E-state index contributed by atoms with van der Waals surface area (Å²) in [4.78, 5) is 0. The largest absolute Gasteiger partial charge is 0.481 e. The summed E-state index contributed by atoms with van der Waals surface area (Å²) in [5, 5.41) is 7.26. The minimum absolute atomic E-state index is 0.241. The van der Waals surface area contributed by atoms with Crippen molar-refractivity contribution >= 4 is 5.90 Å². The van der Waals surface area contributed by atoms with E-state index >= 15 is 0 Å². The molecule has 0 aliphatic heterocycles. The van der Waals surface area contributed by atoms with Crippen LogP contribution in [0, 0.1) is 11.3 Å². The molecule has 0 heterocycles. The van der Waals surface area contributed by atoms with Crippen molar-refractivity contribution in [2.75, 3.05) is 6.61 Å². The van der Waals surface area contributed by atoms with Crippen LogP contribution in [0.2, 0.25) is 0 Å². The van der Waals surface area contributed by atoms with Gasteiger partial charge in [-0.15, -0.1) is 0 Å². The highest BCUT2D eigenvalue weighted by Gasteiger charge is 2.25. The molecule has 0 aromatic rings. The molecule has 1 atom stereocenters. The van der Waals surface area contributed by atoms with Crippen LogP contribution in [0.25, 0.3) is 0 Å². The Labute approximate surface area is 55.0 Å². The van der Waals surface area contributed by atoms with Crippen molar-refractivity contribution in [3.8, 4) is 0 Å². The molecule has 0 aromatic heterocycles. The average molecular weight is 125 g/mol. The molecule has 9 heavy (non-hydrogen) atoms. The van der Waals surface area contributed by atoms with E-state index in [0.717, 1.165) is 0 Å². The molecule has 0 unspecified atom stereocenters. The summed E-state index contributed by atoms with van der Waals surface area (Å²) in [5.41, 5.74) is 1.26. The first-order chi connectivity index (χ1) is 4.25. The van der Waals surface area contributed by atoms with Gasteiger partial charge in [0.15, 0.2) is 5.90 Å². The van der Waals surface area contributed by atoms with Crippen molar-refractivity contribution in [2.24, 2.45) is 5.92 Å². The lowest BCUT2D eigenvalue weighted by atomic mass is 10.3. The van der Waals surface area contributed by atoms with Crippen molar-refractivity contribution in [2.45, 2.75) is 13.8 Å². The molecule has 50 valence electrons. The van der Waals surface area contributed by atoms with E-state index in [1.54, 1.807) is 0 Å². The molecule has 0 fully saturated rings. The minimum atomic E-state index is 0.241. The molecule has 0 spiro atoms. The summed E-state index contributed by atoms with van der Waals surface area (Å²) < 4.78 is 4.97. The maximum Gasteiger partial charge on any atom is 0.191 e. The molecule has 0 radical (unpaired) electrons. The monoisotopic (exact) mass is 125 g/mol. The predicted octanol–water partition coefficient (Wildman–Crippen LogP) is 1.58. The van der Waals surface area contributed by atoms with Gasteiger partial charge in [0, 0.05) is 0 Å². The summed E-state index contributed by atoms with van der Waals surface area (Å²) in [6.45, 7) is 4.51. The lowest BCUT2D eigenvalue weighted by Crippen LogP contribution is -2.06. The zero-order valence-electron chi connectivity index (χ0n) is 5.77. The Morgan fingerprint density at radius 1 is 1.89 bits per heavy atom. The van der Waals surface area contributed by atoms with Crippen LogP contribution < -0.4 is 0 Å². The third kappa shape index (κ3) is 1.31. The minimum Gasteiger partial charge on any atom is -0.481 e. The summed E-state index contributed by atoms with van der Waals surface area (Å²) >= 11 is 0. The van der Waals surface area contributed by atoms with E-state index in [4.69, 9.17) is 10.1 Å². The van der Waals surface area contributed by atoms with Gasteiger partial charge < -0.3 is 4.74 Å². The maximum absolute atomic E-state index is 7.26. The molecule has 2 heteroatoms. The fraction of sp³-hybridized carbons (Fsp3) is 0.571. The van der Waals surface area contributed by atoms with Gasteiger partial charge in [-0.25, -0.2) is 0 Å².